The number of aromatic nitrogens is 4. The Hall–Kier alpha value is -3.40. The van der Waals surface area contributed by atoms with Gasteiger partial charge in [0.1, 0.15) is 17.3 Å². The smallest absolute Gasteiger partial charge is 0.328 e. The number of carbonyl (C=O) groups is 1. The van der Waals surface area contributed by atoms with Crippen LogP contribution in [-0.2, 0) is 14.1 Å². The Balaban J connectivity index is 1.64. The summed E-state index contributed by atoms with van der Waals surface area (Å²) < 4.78 is 8.63. The average molecular weight is 411 g/mol. The molecule has 0 bridgehead atoms. The molecule has 1 saturated heterocycles. The second-order valence-electron chi connectivity index (χ2n) is 7.45. The minimum absolute atomic E-state index is 0.122. The Labute approximate surface area is 173 Å². The van der Waals surface area contributed by atoms with Crippen molar-refractivity contribution >= 4 is 28.4 Å². The third-order valence-corrected chi connectivity index (χ3v) is 5.50. The number of aryl methyl sites for hydroxylation is 2. The van der Waals surface area contributed by atoms with Gasteiger partial charge in [0.05, 0.1) is 36.2 Å². The number of anilines is 2. The maximum Gasteiger partial charge on any atom is 0.328 e. The fraction of sp³-hybridized carbons (Fsp3) is 0.400. The maximum absolute atomic E-state index is 12.8. The molecule has 10 heteroatoms. The van der Waals surface area contributed by atoms with Gasteiger partial charge in [-0.3, -0.25) is 18.9 Å². The highest BCUT2D eigenvalue weighted by molar-refractivity contribution is 5.92. The molecule has 0 atom stereocenters. The van der Waals surface area contributed by atoms with E-state index in [2.05, 4.69) is 20.2 Å². The van der Waals surface area contributed by atoms with Crippen LogP contribution in [0.2, 0.25) is 0 Å². The summed E-state index contributed by atoms with van der Waals surface area (Å²) in [6.45, 7) is 3.01. The largest absolute Gasteiger partial charge is 0.494 e. The van der Waals surface area contributed by atoms with Gasteiger partial charge < -0.3 is 19.9 Å². The number of methoxy groups -OCH3 is 1. The lowest BCUT2D eigenvalue weighted by molar-refractivity contribution is 0.0658. The molecule has 1 aliphatic rings. The second kappa shape index (κ2) is 7.79. The van der Waals surface area contributed by atoms with Gasteiger partial charge >= 0.3 is 5.69 Å². The van der Waals surface area contributed by atoms with Crippen LogP contribution in [0.3, 0.4) is 0 Å². The fourth-order valence-corrected chi connectivity index (χ4v) is 3.63. The SMILES string of the molecule is COc1cc2c(cc1Nc1cncc(C(=O)N3CCN(C)CC3)n1)n(C)c(=O)n2C. The van der Waals surface area contributed by atoms with Gasteiger partial charge in [0.2, 0.25) is 0 Å². The lowest BCUT2D eigenvalue weighted by Gasteiger charge is -2.32. The van der Waals surface area contributed by atoms with Gasteiger partial charge in [-0.1, -0.05) is 0 Å². The van der Waals surface area contributed by atoms with Crippen LogP contribution in [0.1, 0.15) is 10.5 Å². The zero-order chi connectivity index (χ0) is 21.4. The first kappa shape index (κ1) is 19.9. The van der Waals surface area contributed by atoms with Gasteiger partial charge in [-0.2, -0.15) is 0 Å². The maximum atomic E-state index is 12.8. The molecule has 4 rings (SSSR count). The molecular formula is C20H25N7O3. The van der Waals surface area contributed by atoms with Gasteiger partial charge in [-0.25, -0.2) is 9.78 Å². The van der Waals surface area contributed by atoms with E-state index in [9.17, 15) is 9.59 Å². The van der Waals surface area contributed by atoms with Crippen LogP contribution in [0.25, 0.3) is 11.0 Å². The third kappa shape index (κ3) is 3.50. The van der Waals surface area contributed by atoms with Gasteiger partial charge in [0.25, 0.3) is 5.91 Å². The molecule has 0 saturated carbocycles. The number of hydrogen-bond acceptors (Lipinski definition) is 7. The summed E-state index contributed by atoms with van der Waals surface area (Å²) in [7, 11) is 7.04. The van der Waals surface area contributed by atoms with E-state index < -0.39 is 0 Å². The van der Waals surface area contributed by atoms with E-state index in [0.717, 1.165) is 24.1 Å². The predicted octanol–water partition coefficient (Wildman–Crippen LogP) is 0.807. The monoisotopic (exact) mass is 411 g/mol. The summed E-state index contributed by atoms with van der Waals surface area (Å²) in [4.78, 5) is 37.7. The number of amides is 1. The summed E-state index contributed by atoms with van der Waals surface area (Å²) in [6, 6.07) is 3.62. The van der Waals surface area contributed by atoms with E-state index in [4.69, 9.17) is 4.74 Å². The number of hydrogen-bond donors (Lipinski definition) is 1. The normalized spacial score (nSPS) is 14.9. The van der Waals surface area contributed by atoms with E-state index in [1.54, 1.807) is 47.5 Å². The molecule has 3 aromatic rings. The molecule has 1 N–H and O–H groups in total. The van der Waals surface area contributed by atoms with Gasteiger partial charge in [0, 0.05) is 46.3 Å². The summed E-state index contributed by atoms with van der Waals surface area (Å²) in [6.07, 6.45) is 3.03. The van der Waals surface area contributed by atoms with Gasteiger partial charge in [0.15, 0.2) is 0 Å². The average Bonchev–Trinajstić information content (AvgIpc) is 2.97. The highest BCUT2D eigenvalue weighted by Gasteiger charge is 2.22. The number of imidazole rings is 1. The molecule has 0 radical (unpaired) electrons. The number of nitrogens with one attached hydrogen (secondary N) is 1. The standard InChI is InChI=1S/C20H25N7O3/c1-24-5-7-27(8-6-24)19(28)14-11-21-12-18(23-14)22-13-9-15-16(10-17(13)30-4)26(3)20(29)25(15)2/h9-12H,5-8H2,1-4H3,(H,22,23). The number of fused-ring (bicyclic) bond motifs is 1. The van der Waals surface area contributed by atoms with E-state index in [0.29, 0.717) is 30.3 Å². The number of benzene rings is 1. The number of carbonyl (C=O) groups excluding carboxylic acids is 1. The molecule has 2 aromatic heterocycles. The van der Waals surface area contributed by atoms with Crippen LogP contribution in [-0.4, -0.2) is 75.1 Å². The van der Waals surface area contributed by atoms with Crippen molar-refractivity contribution in [2.24, 2.45) is 14.1 Å². The number of rotatable bonds is 4. The van der Waals surface area contributed by atoms with Crippen LogP contribution in [0.15, 0.2) is 29.3 Å². The molecule has 3 heterocycles. The highest BCUT2D eigenvalue weighted by atomic mass is 16.5. The zero-order valence-corrected chi connectivity index (χ0v) is 17.5. The number of nitrogens with zero attached hydrogens (tertiary/aromatic N) is 6. The number of piperazine rings is 1. The van der Waals surface area contributed by atoms with E-state index in [1.165, 1.54) is 6.20 Å². The highest BCUT2D eigenvalue weighted by Crippen LogP contribution is 2.31. The number of ether oxygens (including phenoxy) is 1. The van der Waals surface area contributed by atoms with Crippen molar-refractivity contribution in [3.8, 4) is 5.75 Å². The molecule has 1 aromatic carbocycles. The van der Waals surface area contributed by atoms with Crippen LogP contribution < -0.4 is 15.7 Å². The first-order valence-electron chi connectivity index (χ1n) is 9.69. The Morgan fingerprint density at radius 2 is 1.70 bits per heavy atom. The van der Waals surface area contributed by atoms with E-state index in [-0.39, 0.29) is 17.3 Å². The summed E-state index contributed by atoms with van der Waals surface area (Å²) in [5, 5.41) is 3.17. The van der Waals surface area contributed by atoms with Gasteiger partial charge in [-0.05, 0) is 13.1 Å². The Morgan fingerprint density at radius 1 is 1.03 bits per heavy atom. The van der Waals surface area contributed by atoms with Crippen LogP contribution >= 0.6 is 0 Å². The Bertz CT molecular complexity index is 1160. The second-order valence-corrected chi connectivity index (χ2v) is 7.45. The van der Waals surface area contributed by atoms with Gasteiger partial charge in [-0.15, -0.1) is 0 Å². The van der Waals surface area contributed by atoms with Crippen molar-refractivity contribution in [1.82, 2.24) is 28.9 Å². The summed E-state index contributed by atoms with van der Waals surface area (Å²) in [5.74, 6) is 0.849. The minimum Gasteiger partial charge on any atom is -0.494 e. The third-order valence-electron chi connectivity index (χ3n) is 5.50. The molecule has 0 spiro atoms. The van der Waals surface area contributed by atoms with E-state index in [1.807, 2.05) is 13.1 Å². The molecule has 1 amide bonds. The molecule has 1 aliphatic heterocycles. The molecule has 1 fully saturated rings. The fourth-order valence-electron chi connectivity index (χ4n) is 3.63. The van der Waals surface area contributed by atoms with E-state index >= 15 is 0 Å². The van der Waals surface area contributed by atoms with Crippen molar-refractivity contribution in [3.05, 3.63) is 40.7 Å². The zero-order valence-electron chi connectivity index (χ0n) is 17.5. The van der Waals surface area contributed by atoms with Crippen LogP contribution in [0.5, 0.6) is 5.75 Å². The Kier molecular flexibility index (Phi) is 5.17. The van der Waals surface area contributed by atoms with Crippen LogP contribution in [0.4, 0.5) is 11.5 Å². The topological polar surface area (TPSA) is 97.5 Å². The first-order valence-corrected chi connectivity index (χ1v) is 9.69. The molecule has 30 heavy (non-hydrogen) atoms. The predicted molar refractivity (Wildman–Crippen MR) is 113 cm³/mol. The van der Waals surface area contributed by atoms with Crippen molar-refractivity contribution in [3.63, 3.8) is 0 Å². The van der Waals surface area contributed by atoms with Crippen LogP contribution in [0, 0.1) is 0 Å². The van der Waals surface area contributed by atoms with Crippen molar-refractivity contribution < 1.29 is 9.53 Å². The lowest BCUT2D eigenvalue weighted by Crippen LogP contribution is -2.47. The molecule has 10 nitrogen and oxygen atoms in total. The quantitative estimate of drug-likeness (QED) is 0.678. The molecule has 0 unspecified atom stereocenters. The minimum atomic E-state index is -0.132. The van der Waals surface area contributed by atoms with Crippen molar-refractivity contribution in [2.45, 2.75) is 0 Å². The molecule has 158 valence electrons. The first-order chi connectivity index (χ1) is 14.4. The molecular weight excluding hydrogens is 386 g/mol. The number of likely N-dealkylation sites (N-methyl/N-ethyl adjacent to an activating group) is 1. The summed E-state index contributed by atoms with van der Waals surface area (Å²) in [5.41, 5.74) is 2.31. The summed E-state index contributed by atoms with van der Waals surface area (Å²) >= 11 is 0. The molecule has 0 aliphatic carbocycles. The van der Waals surface area contributed by atoms with Crippen molar-refractivity contribution in [1.29, 1.82) is 0 Å². The van der Waals surface area contributed by atoms with Crippen molar-refractivity contribution in [2.75, 3.05) is 45.7 Å². The lowest BCUT2D eigenvalue weighted by atomic mass is 10.2. The Morgan fingerprint density at radius 3 is 2.37 bits per heavy atom.